The van der Waals surface area contributed by atoms with Gasteiger partial charge in [-0.15, -0.1) is 0 Å². The number of esters is 1. The Balaban J connectivity index is 2.22. The normalized spacial score (nSPS) is 11.3. The lowest BCUT2D eigenvalue weighted by molar-refractivity contribution is -0.597. The van der Waals surface area contributed by atoms with Gasteiger partial charge in [0.05, 0.1) is 6.61 Å². The quantitative estimate of drug-likeness (QED) is 0.562. The second-order valence-electron chi connectivity index (χ2n) is 6.05. The zero-order valence-electron chi connectivity index (χ0n) is 13.5. The van der Waals surface area contributed by atoms with E-state index in [4.69, 9.17) is 4.74 Å². The van der Waals surface area contributed by atoms with E-state index >= 15 is 0 Å². The highest BCUT2D eigenvalue weighted by Crippen LogP contribution is 2.20. The van der Waals surface area contributed by atoms with Gasteiger partial charge in [0.15, 0.2) is 3.57 Å². The summed E-state index contributed by atoms with van der Waals surface area (Å²) in [6, 6.07) is 16.5. The Bertz CT molecular complexity index is 639. The molecular weight excluding hydrogens is 387 g/mol. The van der Waals surface area contributed by atoms with Crippen molar-refractivity contribution in [3.05, 3.63) is 66.8 Å². The summed E-state index contributed by atoms with van der Waals surface area (Å²) in [7, 11) is 0. The minimum atomic E-state index is -0.388. The Morgan fingerprint density at radius 1 is 1.05 bits per heavy atom. The molecule has 0 aliphatic rings. The van der Waals surface area contributed by atoms with Crippen molar-refractivity contribution >= 4 is 5.97 Å². The van der Waals surface area contributed by atoms with Crippen LogP contribution in [0.1, 0.15) is 43.6 Å². The molecule has 2 aromatic carbocycles. The van der Waals surface area contributed by atoms with Crippen LogP contribution in [-0.2, 0) is 10.2 Å². The zero-order valence-corrected chi connectivity index (χ0v) is 15.7. The van der Waals surface area contributed by atoms with Gasteiger partial charge in [-0.2, -0.15) is 0 Å². The Morgan fingerprint density at radius 2 is 1.68 bits per heavy atom. The molecule has 0 atom stereocenters. The Morgan fingerprint density at radius 3 is 2.27 bits per heavy atom. The van der Waals surface area contributed by atoms with Gasteiger partial charge in [-0.05, 0) is 42.2 Å². The highest BCUT2D eigenvalue weighted by Gasteiger charge is 2.24. The molecule has 116 valence electrons. The molecule has 2 aromatic rings. The van der Waals surface area contributed by atoms with E-state index in [-0.39, 0.29) is 32.6 Å². The van der Waals surface area contributed by atoms with Gasteiger partial charge in [0.25, 0.3) is 0 Å². The predicted octanol–water partition coefficient (Wildman–Crippen LogP) is 1.29. The minimum absolute atomic E-state index is 0.166. The third kappa shape index (κ3) is 4.32. The van der Waals surface area contributed by atoms with Crippen LogP contribution in [0.25, 0.3) is 0 Å². The molecule has 0 spiro atoms. The van der Waals surface area contributed by atoms with E-state index in [1.807, 2.05) is 31.2 Å². The molecule has 0 amide bonds. The zero-order chi connectivity index (χ0) is 16.2. The first kappa shape index (κ1) is 17.0. The second-order valence-corrected chi connectivity index (χ2v) is 9.00. The Hall–Kier alpha value is -1.36. The van der Waals surface area contributed by atoms with Crippen LogP contribution in [0.5, 0.6) is 0 Å². The van der Waals surface area contributed by atoms with E-state index in [2.05, 4.69) is 45.0 Å². The van der Waals surface area contributed by atoms with Crippen molar-refractivity contribution < 1.29 is 30.7 Å². The lowest BCUT2D eigenvalue weighted by Gasteiger charge is -2.18. The largest absolute Gasteiger partial charge is 0.462 e. The summed E-state index contributed by atoms with van der Waals surface area (Å²) in [6.45, 7) is 8.89. The molecule has 0 heterocycles. The maximum atomic E-state index is 12.0. The molecule has 0 fully saturated rings. The number of hydrogen-bond acceptors (Lipinski definition) is 2. The van der Waals surface area contributed by atoms with Gasteiger partial charge in [-0.1, -0.05) is 45.0 Å². The van der Waals surface area contributed by atoms with Crippen LogP contribution in [0.4, 0.5) is 0 Å². The molecule has 3 heteroatoms. The van der Waals surface area contributed by atoms with Crippen molar-refractivity contribution in [3.63, 3.8) is 0 Å². The highest BCUT2D eigenvalue weighted by atomic mass is 127. The summed E-state index contributed by atoms with van der Waals surface area (Å²) in [4.78, 5) is 12.0. The fourth-order valence-electron chi connectivity index (χ4n) is 2.05. The first-order valence-electron chi connectivity index (χ1n) is 7.43. The molecule has 2 nitrogen and oxygen atoms in total. The first-order valence-corrected chi connectivity index (χ1v) is 9.59. The summed E-state index contributed by atoms with van der Waals surface area (Å²) >= 11 is -0.388. The van der Waals surface area contributed by atoms with Crippen molar-refractivity contribution in [2.24, 2.45) is 0 Å². The minimum Gasteiger partial charge on any atom is -0.462 e. The Kier molecular flexibility index (Phi) is 5.62. The van der Waals surface area contributed by atoms with Gasteiger partial charge in [0.1, 0.15) is 5.56 Å². The summed E-state index contributed by atoms with van der Waals surface area (Å²) in [6.07, 6.45) is 0. The smallest absolute Gasteiger partial charge is 0.358 e. The molecule has 0 N–H and O–H groups in total. The second kappa shape index (κ2) is 7.27. The topological polar surface area (TPSA) is 26.3 Å². The average molecular weight is 409 g/mol. The average Bonchev–Trinajstić information content (AvgIpc) is 2.47. The van der Waals surface area contributed by atoms with E-state index in [1.54, 1.807) is 0 Å². The number of benzene rings is 2. The number of halogens is 1. The van der Waals surface area contributed by atoms with E-state index in [9.17, 15) is 4.79 Å². The standard InChI is InChI=1S/C19H22IO2/c1-5-22-18(21)16-8-6-7-9-17(16)20-15-12-10-14(11-13-15)19(2,3)4/h6-13H,5H2,1-4H3/q+1. The highest BCUT2D eigenvalue weighted by molar-refractivity contribution is 5.89. The third-order valence-electron chi connectivity index (χ3n) is 3.29. The molecular formula is C19H22IO2+. The van der Waals surface area contributed by atoms with Crippen molar-refractivity contribution in [3.8, 4) is 0 Å². The molecule has 0 aromatic heterocycles. The summed E-state index contributed by atoms with van der Waals surface area (Å²) < 4.78 is 7.57. The lowest BCUT2D eigenvalue weighted by Crippen LogP contribution is -3.61. The molecule has 0 aliphatic heterocycles. The fourth-order valence-corrected chi connectivity index (χ4v) is 4.52. The van der Waals surface area contributed by atoms with Crippen molar-refractivity contribution in [2.75, 3.05) is 6.61 Å². The van der Waals surface area contributed by atoms with E-state index in [0.717, 1.165) is 3.57 Å². The van der Waals surface area contributed by atoms with Gasteiger partial charge < -0.3 is 4.74 Å². The molecule has 0 radical (unpaired) electrons. The van der Waals surface area contributed by atoms with Gasteiger partial charge in [0, 0.05) is 0 Å². The van der Waals surface area contributed by atoms with Gasteiger partial charge in [-0.3, -0.25) is 0 Å². The predicted molar refractivity (Wildman–Crippen MR) is 84.9 cm³/mol. The fraction of sp³-hybridized carbons (Fsp3) is 0.316. The SMILES string of the molecule is CCOC(=O)c1ccccc1[I+]c1ccc(C(C)(C)C)cc1. The van der Waals surface area contributed by atoms with Crippen LogP contribution in [-0.4, -0.2) is 12.6 Å². The molecule has 0 saturated carbocycles. The van der Waals surface area contributed by atoms with Crippen molar-refractivity contribution in [2.45, 2.75) is 33.1 Å². The first-order chi connectivity index (χ1) is 10.4. The molecule has 0 saturated heterocycles. The number of carbonyl (C=O) groups is 1. The van der Waals surface area contributed by atoms with Crippen LogP contribution < -0.4 is 21.2 Å². The Labute approximate surface area is 143 Å². The third-order valence-corrected chi connectivity index (χ3v) is 6.15. The van der Waals surface area contributed by atoms with Gasteiger partial charge in [-0.25, -0.2) is 4.79 Å². The summed E-state index contributed by atoms with van der Waals surface area (Å²) in [5, 5.41) is 0. The van der Waals surface area contributed by atoms with E-state index in [0.29, 0.717) is 12.2 Å². The number of rotatable bonds is 4. The number of ether oxygens (including phenoxy) is 1. The van der Waals surface area contributed by atoms with Crippen LogP contribution in [0.2, 0.25) is 0 Å². The number of carbonyl (C=O) groups excluding carboxylic acids is 1. The molecule has 0 unspecified atom stereocenters. The molecule has 2 rings (SSSR count). The number of hydrogen-bond donors (Lipinski definition) is 0. The van der Waals surface area contributed by atoms with Crippen LogP contribution >= 0.6 is 0 Å². The molecule has 0 bridgehead atoms. The van der Waals surface area contributed by atoms with E-state index in [1.165, 1.54) is 9.13 Å². The van der Waals surface area contributed by atoms with Gasteiger partial charge >= 0.3 is 27.2 Å². The van der Waals surface area contributed by atoms with Crippen molar-refractivity contribution in [1.29, 1.82) is 0 Å². The van der Waals surface area contributed by atoms with Crippen LogP contribution in [0, 0.1) is 7.14 Å². The maximum Gasteiger partial charge on any atom is 0.358 e. The lowest BCUT2D eigenvalue weighted by atomic mass is 9.87. The van der Waals surface area contributed by atoms with Crippen LogP contribution in [0.3, 0.4) is 0 Å². The molecule has 0 aliphatic carbocycles. The van der Waals surface area contributed by atoms with Crippen molar-refractivity contribution in [1.82, 2.24) is 0 Å². The maximum absolute atomic E-state index is 12.0. The van der Waals surface area contributed by atoms with E-state index < -0.39 is 0 Å². The monoisotopic (exact) mass is 409 g/mol. The van der Waals surface area contributed by atoms with Crippen LogP contribution in [0.15, 0.2) is 48.5 Å². The molecule has 22 heavy (non-hydrogen) atoms. The summed E-state index contributed by atoms with van der Waals surface area (Å²) in [5.74, 6) is -0.218. The van der Waals surface area contributed by atoms with Gasteiger partial charge in [0.2, 0.25) is 3.57 Å². The summed E-state index contributed by atoms with van der Waals surface area (Å²) in [5.41, 5.74) is 2.20.